The second-order valence-corrected chi connectivity index (χ2v) is 4.33. The summed E-state index contributed by atoms with van der Waals surface area (Å²) in [6, 6.07) is 0. The number of aromatic carboxylic acids is 1. The molecule has 1 aromatic rings. The Morgan fingerprint density at radius 1 is 1.56 bits per heavy atom. The lowest BCUT2D eigenvalue weighted by Gasteiger charge is -2.18. The Bertz CT molecular complexity index is 409. The van der Waals surface area contributed by atoms with Crippen molar-refractivity contribution in [3.8, 4) is 0 Å². The molecule has 0 aromatic carbocycles. The fraction of sp³-hybridized carbons (Fsp3) is 0.583. The predicted octanol–water partition coefficient (Wildman–Crippen LogP) is 2.04. The van der Waals surface area contributed by atoms with E-state index in [1.807, 2.05) is 6.92 Å². The van der Waals surface area contributed by atoms with Gasteiger partial charge in [0, 0.05) is 5.69 Å². The lowest BCUT2D eigenvalue weighted by Crippen LogP contribution is -2.08. The zero-order chi connectivity index (χ0) is 11.7. The topological polar surface area (TPSA) is 73.3 Å². The van der Waals surface area contributed by atoms with E-state index in [1.54, 1.807) is 0 Å². The van der Waals surface area contributed by atoms with Gasteiger partial charge in [0.1, 0.15) is 5.69 Å². The highest BCUT2D eigenvalue weighted by Gasteiger charge is 2.27. The Hall–Kier alpha value is -1.29. The summed E-state index contributed by atoms with van der Waals surface area (Å²) in [5.41, 5.74) is 2.93. The number of rotatable bonds is 3. The van der Waals surface area contributed by atoms with Crippen molar-refractivity contribution in [2.75, 3.05) is 0 Å². The van der Waals surface area contributed by atoms with Crippen molar-refractivity contribution in [1.82, 2.24) is 4.98 Å². The van der Waals surface area contributed by atoms with Crippen LogP contribution < -0.4 is 0 Å². The van der Waals surface area contributed by atoms with E-state index in [2.05, 4.69) is 4.98 Å². The SMILES string of the molecule is CCCc1c(C(=O)O)[nH]c2c1CCCC2O. The first-order valence-corrected chi connectivity index (χ1v) is 5.80. The Morgan fingerprint density at radius 2 is 2.31 bits per heavy atom. The first-order valence-electron chi connectivity index (χ1n) is 5.80. The summed E-state index contributed by atoms with van der Waals surface area (Å²) in [4.78, 5) is 14.0. The molecular weight excluding hydrogens is 206 g/mol. The molecule has 16 heavy (non-hydrogen) atoms. The van der Waals surface area contributed by atoms with Gasteiger partial charge in [0.2, 0.25) is 0 Å². The van der Waals surface area contributed by atoms with E-state index in [0.717, 1.165) is 48.9 Å². The van der Waals surface area contributed by atoms with Crippen LogP contribution in [0.4, 0.5) is 0 Å². The summed E-state index contributed by atoms with van der Waals surface area (Å²) >= 11 is 0. The molecule has 88 valence electrons. The maximum Gasteiger partial charge on any atom is 0.352 e. The first-order chi connectivity index (χ1) is 7.65. The maximum absolute atomic E-state index is 11.1. The molecule has 0 fully saturated rings. The minimum Gasteiger partial charge on any atom is -0.477 e. The van der Waals surface area contributed by atoms with E-state index in [0.29, 0.717) is 0 Å². The fourth-order valence-corrected chi connectivity index (χ4v) is 2.49. The zero-order valence-corrected chi connectivity index (χ0v) is 9.42. The molecule has 4 heteroatoms. The number of carboxylic acids is 1. The van der Waals surface area contributed by atoms with Crippen LogP contribution in [0.2, 0.25) is 0 Å². The molecule has 1 aromatic heterocycles. The number of carbonyl (C=O) groups is 1. The first kappa shape index (κ1) is 11.2. The van der Waals surface area contributed by atoms with E-state index >= 15 is 0 Å². The van der Waals surface area contributed by atoms with Crippen LogP contribution in [0.1, 0.15) is 59.6 Å². The molecule has 1 atom stereocenters. The number of fused-ring (bicyclic) bond motifs is 1. The van der Waals surface area contributed by atoms with Gasteiger partial charge in [0.15, 0.2) is 0 Å². The van der Waals surface area contributed by atoms with E-state index in [4.69, 9.17) is 5.11 Å². The zero-order valence-electron chi connectivity index (χ0n) is 9.42. The lowest BCUT2D eigenvalue weighted by atomic mass is 9.91. The number of aliphatic hydroxyl groups excluding tert-OH is 1. The highest BCUT2D eigenvalue weighted by molar-refractivity contribution is 5.88. The lowest BCUT2D eigenvalue weighted by molar-refractivity contribution is 0.0689. The number of H-pyrrole nitrogens is 1. The second kappa shape index (κ2) is 4.29. The molecule has 1 unspecified atom stereocenters. The van der Waals surface area contributed by atoms with Crippen LogP contribution in [-0.4, -0.2) is 21.2 Å². The van der Waals surface area contributed by atoms with E-state index in [9.17, 15) is 9.90 Å². The quantitative estimate of drug-likeness (QED) is 0.734. The van der Waals surface area contributed by atoms with Crippen molar-refractivity contribution in [2.45, 2.75) is 45.1 Å². The van der Waals surface area contributed by atoms with Crippen LogP contribution in [0.15, 0.2) is 0 Å². The van der Waals surface area contributed by atoms with E-state index in [1.165, 1.54) is 0 Å². The molecule has 4 nitrogen and oxygen atoms in total. The van der Waals surface area contributed by atoms with Gasteiger partial charge in [-0.1, -0.05) is 13.3 Å². The molecule has 1 aliphatic carbocycles. The van der Waals surface area contributed by atoms with Crippen molar-refractivity contribution in [2.24, 2.45) is 0 Å². The Labute approximate surface area is 94.3 Å². The van der Waals surface area contributed by atoms with Crippen molar-refractivity contribution in [3.05, 3.63) is 22.5 Å². The molecule has 0 saturated heterocycles. The molecule has 1 aliphatic rings. The molecule has 2 rings (SSSR count). The van der Waals surface area contributed by atoms with Crippen molar-refractivity contribution in [1.29, 1.82) is 0 Å². The molecular formula is C12H17NO3. The summed E-state index contributed by atoms with van der Waals surface area (Å²) in [7, 11) is 0. The van der Waals surface area contributed by atoms with E-state index < -0.39 is 12.1 Å². The Kier molecular flexibility index (Phi) is 3.01. The van der Waals surface area contributed by atoms with Crippen molar-refractivity contribution in [3.63, 3.8) is 0 Å². The summed E-state index contributed by atoms with van der Waals surface area (Å²) in [6.07, 6.45) is 3.69. The number of aliphatic hydroxyl groups is 1. The van der Waals surface area contributed by atoms with Gasteiger partial charge in [-0.25, -0.2) is 4.79 Å². The smallest absolute Gasteiger partial charge is 0.352 e. The van der Waals surface area contributed by atoms with Gasteiger partial charge in [-0.2, -0.15) is 0 Å². The molecule has 0 bridgehead atoms. The number of hydrogen-bond acceptors (Lipinski definition) is 2. The summed E-state index contributed by atoms with van der Waals surface area (Å²) in [5, 5.41) is 18.9. The monoisotopic (exact) mass is 223 g/mol. The van der Waals surface area contributed by atoms with Crippen LogP contribution in [0.3, 0.4) is 0 Å². The minimum absolute atomic E-state index is 0.271. The fourth-order valence-electron chi connectivity index (χ4n) is 2.49. The molecule has 0 radical (unpaired) electrons. The van der Waals surface area contributed by atoms with Gasteiger partial charge in [-0.15, -0.1) is 0 Å². The third kappa shape index (κ3) is 1.73. The molecule has 1 heterocycles. The second-order valence-electron chi connectivity index (χ2n) is 4.33. The average molecular weight is 223 g/mol. The third-order valence-electron chi connectivity index (χ3n) is 3.20. The van der Waals surface area contributed by atoms with Gasteiger partial charge < -0.3 is 15.2 Å². The predicted molar refractivity (Wildman–Crippen MR) is 59.6 cm³/mol. The van der Waals surface area contributed by atoms with Crippen LogP contribution in [-0.2, 0) is 12.8 Å². The van der Waals surface area contributed by atoms with Crippen LogP contribution in [0, 0.1) is 0 Å². The Morgan fingerprint density at radius 3 is 2.94 bits per heavy atom. The van der Waals surface area contributed by atoms with Crippen LogP contribution in [0.5, 0.6) is 0 Å². The van der Waals surface area contributed by atoms with Gasteiger partial charge in [0.05, 0.1) is 6.10 Å². The molecule has 0 saturated carbocycles. The molecule has 0 amide bonds. The number of hydrogen-bond donors (Lipinski definition) is 3. The van der Waals surface area contributed by atoms with Gasteiger partial charge in [0.25, 0.3) is 0 Å². The largest absolute Gasteiger partial charge is 0.477 e. The molecule has 3 N–H and O–H groups in total. The summed E-state index contributed by atoms with van der Waals surface area (Å²) < 4.78 is 0. The summed E-state index contributed by atoms with van der Waals surface area (Å²) in [5.74, 6) is -0.926. The van der Waals surface area contributed by atoms with E-state index in [-0.39, 0.29) is 5.69 Å². The number of aromatic amines is 1. The third-order valence-corrected chi connectivity index (χ3v) is 3.20. The van der Waals surface area contributed by atoms with Gasteiger partial charge in [-0.05, 0) is 36.8 Å². The highest BCUT2D eigenvalue weighted by atomic mass is 16.4. The molecule has 0 aliphatic heterocycles. The standard InChI is InChI=1S/C12H17NO3/c1-2-4-7-8-5-3-6-9(14)10(8)13-11(7)12(15)16/h9,13-14H,2-6H2,1H3,(H,15,16). The van der Waals surface area contributed by atoms with Crippen molar-refractivity contribution < 1.29 is 15.0 Å². The van der Waals surface area contributed by atoms with Crippen molar-refractivity contribution >= 4 is 5.97 Å². The normalized spacial score (nSPS) is 19.5. The van der Waals surface area contributed by atoms with Crippen LogP contribution >= 0.6 is 0 Å². The Balaban J connectivity index is 2.50. The molecule has 0 spiro atoms. The number of aromatic nitrogens is 1. The van der Waals surface area contributed by atoms with Gasteiger partial charge in [-0.3, -0.25) is 0 Å². The number of carboxylic acid groups (broad SMARTS) is 1. The average Bonchev–Trinajstić information content (AvgIpc) is 2.60. The summed E-state index contributed by atoms with van der Waals surface area (Å²) in [6.45, 7) is 2.03. The maximum atomic E-state index is 11.1. The number of nitrogens with one attached hydrogen (secondary N) is 1. The van der Waals surface area contributed by atoms with Gasteiger partial charge >= 0.3 is 5.97 Å². The van der Waals surface area contributed by atoms with Crippen LogP contribution in [0.25, 0.3) is 0 Å². The highest BCUT2D eigenvalue weighted by Crippen LogP contribution is 2.33. The minimum atomic E-state index is -0.926.